The number of aromatic nitrogens is 2. The summed E-state index contributed by atoms with van der Waals surface area (Å²) < 4.78 is 18.2. The van der Waals surface area contributed by atoms with E-state index in [-0.39, 0.29) is 12.5 Å². The highest BCUT2D eigenvalue weighted by atomic mass is 16.5. The predicted molar refractivity (Wildman–Crippen MR) is 102 cm³/mol. The largest absolute Gasteiger partial charge is 0.493 e. The Hall–Kier alpha value is -2.58. The van der Waals surface area contributed by atoms with Crippen molar-refractivity contribution in [1.29, 1.82) is 0 Å². The van der Waals surface area contributed by atoms with Gasteiger partial charge in [-0.1, -0.05) is 6.07 Å². The van der Waals surface area contributed by atoms with Crippen molar-refractivity contribution in [2.24, 2.45) is 0 Å². The van der Waals surface area contributed by atoms with Gasteiger partial charge in [-0.25, -0.2) is 0 Å². The van der Waals surface area contributed by atoms with Gasteiger partial charge in [-0.05, 0) is 30.7 Å². The number of methoxy groups -OCH3 is 2. The first kappa shape index (κ1) is 20.2. The Morgan fingerprint density at radius 1 is 1.29 bits per heavy atom. The van der Waals surface area contributed by atoms with E-state index in [1.807, 2.05) is 31.3 Å². The lowest BCUT2D eigenvalue weighted by molar-refractivity contribution is -0.150. The summed E-state index contributed by atoms with van der Waals surface area (Å²) in [4.78, 5) is 14.8. The van der Waals surface area contributed by atoms with Gasteiger partial charge in [0.25, 0.3) is 0 Å². The summed E-state index contributed by atoms with van der Waals surface area (Å²) >= 11 is 0. The topological polar surface area (TPSA) is 86.0 Å². The highest BCUT2D eigenvalue weighted by Gasteiger charge is 2.36. The average molecular weight is 389 g/mol. The van der Waals surface area contributed by atoms with E-state index in [2.05, 4.69) is 5.10 Å². The Labute approximate surface area is 164 Å². The lowest BCUT2D eigenvalue weighted by atomic mass is 9.97. The van der Waals surface area contributed by atoms with Crippen LogP contribution in [0.2, 0.25) is 0 Å². The smallest absolute Gasteiger partial charge is 0.225 e. The first-order chi connectivity index (χ1) is 13.6. The van der Waals surface area contributed by atoms with Crippen LogP contribution in [0.15, 0.2) is 30.5 Å². The first-order valence-corrected chi connectivity index (χ1v) is 9.31. The number of amides is 1. The summed E-state index contributed by atoms with van der Waals surface area (Å²) in [7, 11) is 3.14. The monoisotopic (exact) mass is 389 g/mol. The van der Waals surface area contributed by atoms with Gasteiger partial charge in [-0.3, -0.25) is 9.48 Å². The number of hydrogen-bond donors (Lipinski definition) is 1. The summed E-state index contributed by atoms with van der Waals surface area (Å²) in [6, 6.07) is 7.02. The number of aryl methyl sites for hydroxylation is 2. The molecule has 1 aliphatic heterocycles. The Kier molecular flexibility index (Phi) is 6.53. The van der Waals surface area contributed by atoms with E-state index >= 15 is 0 Å². The molecule has 8 heteroatoms. The van der Waals surface area contributed by atoms with Gasteiger partial charge in [-0.15, -0.1) is 0 Å². The molecule has 0 spiro atoms. The van der Waals surface area contributed by atoms with Crippen molar-refractivity contribution in [3.63, 3.8) is 0 Å². The number of carbonyl (C=O) groups excluding carboxylic acids is 1. The van der Waals surface area contributed by atoms with Gasteiger partial charge in [0.05, 0.1) is 39.2 Å². The van der Waals surface area contributed by atoms with Gasteiger partial charge < -0.3 is 24.2 Å². The maximum Gasteiger partial charge on any atom is 0.225 e. The molecule has 0 saturated carbocycles. The van der Waals surface area contributed by atoms with Gasteiger partial charge in [0.2, 0.25) is 5.91 Å². The molecule has 1 saturated heterocycles. The molecule has 1 amide bonds. The molecule has 2 heterocycles. The van der Waals surface area contributed by atoms with Crippen LogP contribution < -0.4 is 9.47 Å². The van der Waals surface area contributed by atoms with E-state index in [0.717, 1.165) is 11.3 Å². The van der Waals surface area contributed by atoms with Crippen LogP contribution in [0, 0.1) is 6.92 Å². The molecular formula is C20H27N3O5. The number of morpholine rings is 1. The molecule has 1 fully saturated rings. The molecule has 1 aliphatic rings. The third-order valence-electron chi connectivity index (χ3n) is 4.93. The van der Waals surface area contributed by atoms with Crippen molar-refractivity contribution in [1.82, 2.24) is 14.7 Å². The zero-order valence-electron chi connectivity index (χ0n) is 16.5. The van der Waals surface area contributed by atoms with Gasteiger partial charge >= 0.3 is 0 Å². The maximum absolute atomic E-state index is 13.0. The van der Waals surface area contributed by atoms with Crippen molar-refractivity contribution in [3.05, 3.63) is 41.7 Å². The van der Waals surface area contributed by atoms with Crippen LogP contribution >= 0.6 is 0 Å². The molecule has 8 nitrogen and oxygen atoms in total. The van der Waals surface area contributed by atoms with Crippen LogP contribution in [-0.4, -0.2) is 65.8 Å². The van der Waals surface area contributed by atoms with Crippen molar-refractivity contribution < 1.29 is 24.1 Å². The minimum absolute atomic E-state index is 0.00492. The summed E-state index contributed by atoms with van der Waals surface area (Å²) in [6.07, 6.45) is 1.69. The number of ether oxygens (including phenoxy) is 3. The molecule has 1 N–H and O–H groups in total. The normalized spacial score (nSPS) is 19.5. The molecular weight excluding hydrogens is 362 g/mol. The molecule has 0 radical (unpaired) electrons. The SMILES string of the molecule is COc1ccc([C@@H]2[C@@H](CO)OCCN2C(=O)CCn2ccc(C)n2)cc1OC. The van der Waals surface area contributed by atoms with E-state index in [4.69, 9.17) is 14.2 Å². The third-order valence-corrected chi connectivity index (χ3v) is 4.93. The minimum atomic E-state index is -0.497. The van der Waals surface area contributed by atoms with Crippen LogP contribution in [0.5, 0.6) is 11.5 Å². The summed E-state index contributed by atoms with van der Waals surface area (Å²) in [5.41, 5.74) is 1.75. The zero-order valence-corrected chi connectivity index (χ0v) is 16.5. The Balaban J connectivity index is 1.82. The van der Waals surface area contributed by atoms with Gasteiger partial charge in [-0.2, -0.15) is 5.10 Å². The second-order valence-corrected chi connectivity index (χ2v) is 6.71. The van der Waals surface area contributed by atoms with Gasteiger partial charge in [0.1, 0.15) is 6.10 Å². The second-order valence-electron chi connectivity index (χ2n) is 6.71. The summed E-state index contributed by atoms with van der Waals surface area (Å²) in [6.45, 7) is 3.10. The number of rotatable bonds is 7. The van der Waals surface area contributed by atoms with Crippen LogP contribution in [0.1, 0.15) is 23.7 Å². The predicted octanol–water partition coefficient (Wildman–Crippen LogP) is 1.56. The minimum Gasteiger partial charge on any atom is -0.493 e. The zero-order chi connectivity index (χ0) is 20.1. The number of hydrogen-bond acceptors (Lipinski definition) is 6. The lowest BCUT2D eigenvalue weighted by Crippen LogP contribution is -2.49. The maximum atomic E-state index is 13.0. The Morgan fingerprint density at radius 3 is 2.71 bits per heavy atom. The highest BCUT2D eigenvalue weighted by molar-refractivity contribution is 5.77. The third kappa shape index (κ3) is 4.28. The van der Waals surface area contributed by atoms with Crippen molar-refractivity contribution in [2.45, 2.75) is 32.0 Å². The lowest BCUT2D eigenvalue weighted by Gasteiger charge is -2.41. The molecule has 2 aromatic rings. The number of nitrogens with zero attached hydrogens (tertiary/aromatic N) is 3. The van der Waals surface area contributed by atoms with Crippen molar-refractivity contribution >= 4 is 5.91 Å². The fraction of sp³-hybridized carbons (Fsp3) is 0.500. The van der Waals surface area contributed by atoms with Gasteiger partial charge in [0, 0.05) is 25.7 Å². The van der Waals surface area contributed by atoms with Gasteiger partial charge in [0.15, 0.2) is 11.5 Å². The molecule has 2 atom stereocenters. The van der Waals surface area contributed by atoms with Crippen LogP contribution in [0.25, 0.3) is 0 Å². The second kappa shape index (κ2) is 9.07. The van der Waals surface area contributed by atoms with E-state index in [1.165, 1.54) is 0 Å². The summed E-state index contributed by atoms with van der Waals surface area (Å²) in [5.74, 6) is 1.17. The molecule has 28 heavy (non-hydrogen) atoms. The number of carbonyl (C=O) groups is 1. The van der Waals surface area contributed by atoms with Crippen LogP contribution in [0.4, 0.5) is 0 Å². The molecule has 1 aromatic heterocycles. The molecule has 0 bridgehead atoms. The fourth-order valence-corrected chi connectivity index (χ4v) is 3.54. The standard InChI is InChI=1S/C20H27N3O5/c1-14-6-8-22(21-14)9-7-19(25)23-10-11-28-18(13-24)20(23)15-4-5-16(26-2)17(12-15)27-3/h4-6,8,12,18,20,24H,7,9-11,13H2,1-3H3/t18-,20-/m1/s1. The van der Waals surface area contributed by atoms with E-state index in [0.29, 0.717) is 37.6 Å². The fourth-order valence-electron chi connectivity index (χ4n) is 3.54. The van der Waals surface area contributed by atoms with E-state index in [1.54, 1.807) is 29.9 Å². The molecule has 0 unspecified atom stereocenters. The van der Waals surface area contributed by atoms with E-state index in [9.17, 15) is 9.90 Å². The highest BCUT2D eigenvalue weighted by Crippen LogP contribution is 2.35. The summed E-state index contributed by atoms with van der Waals surface area (Å²) in [5, 5.41) is 14.2. The van der Waals surface area contributed by atoms with Crippen LogP contribution in [0.3, 0.4) is 0 Å². The Bertz CT molecular complexity index is 807. The molecule has 152 valence electrons. The molecule has 0 aliphatic carbocycles. The Morgan fingerprint density at radius 2 is 2.07 bits per heavy atom. The molecule has 3 rings (SSSR count). The van der Waals surface area contributed by atoms with E-state index < -0.39 is 12.1 Å². The quantitative estimate of drug-likeness (QED) is 0.774. The van der Waals surface area contributed by atoms with Crippen molar-refractivity contribution in [3.8, 4) is 11.5 Å². The van der Waals surface area contributed by atoms with Crippen LogP contribution in [-0.2, 0) is 16.1 Å². The van der Waals surface area contributed by atoms with Crippen molar-refractivity contribution in [2.75, 3.05) is 34.0 Å². The molecule has 1 aromatic carbocycles. The number of aliphatic hydroxyl groups is 1. The first-order valence-electron chi connectivity index (χ1n) is 9.31. The average Bonchev–Trinajstić information content (AvgIpc) is 3.15. The number of benzene rings is 1. The number of aliphatic hydroxyl groups excluding tert-OH is 1.